The van der Waals surface area contributed by atoms with Crippen molar-refractivity contribution in [2.24, 2.45) is 5.41 Å². The first-order valence-corrected chi connectivity index (χ1v) is 6.46. The lowest BCUT2D eigenvalue weighted by atomic mass is 9.90. The number of nitrogens with one attached hydrogen (secondary N) is 2. The van der Waals surface area contributed by atoms with Crippen LogP contribution in [0.15, 0.2) is 18.3 Å². The number of aromatic nitrogens is 1. The van der Waals surface area contributed by atoms with E-state index in [1.165, 1.54) is 0 Å². The van der Waals surface area contributed by atoms with Crippen molar-refractivity contribution in [1.29, 1.82) is 0 Å². The fraction of sp³-hybridized carbons (Fsp3) is 0.571. The molecular weight excluding hydrogens is 226 g/mol. The number of hydrogen-bond acceptors (Lipinski definition) is 3. The predicted octanol–water partition coefficient (Wildman–Crippen LogP) is 2.68. The van der Waals surface area contributed by atoms with Crippen LogP contribution in [0.4, 0.5) is 5.82 Å². The quantitative estimate of drug-likeness (QED) is 0.815. The molecule has 0 atom stereocenters. The molecule has 1 aromatic heterocycles. The van der Waals surface area contributed by atoms with E-state index in [1.54, 1.807) is 12.3 Å². The van der Waals surface area contributed by atoms with E-state index >= 15 is 0 Å². The summed E-state index contributed by atoms with van der Waals surface area (Å²) in [7, 11) is 0. The first kappa shape index (κ1) is 14.5. The molecule has 0 aliphatic rings. The molecule has 1 rings (SSSR count). The number of pyridine rings is 1. The normalized spacial score (nSPS) is 11.1. The highest BCUT2D eigenvalue weighted by atomic mass is 16.1. The lowest BCUT2D eigenvalue weighted by Crippen LogP contribution is -2.33. The molecular formula is C14H23N3O. The number of amides is 1. The van der Waals surface area contributed by atoms with Crippen molar-refractivity contribution in [2.75, 3.05) is 18.4 Å². The van der Waals surface area contributed by atoms with Gasteiger partial charge in [-0.3, -0.25) is 4.79 Å². The van der Waals surface area contributed by atoms with E-state index in [4.69, 9.17) is 0 Å². The lowest BCUT2D eigenvalue weighted by molar-refractivity contribution is 0.0935. The Labute approximate surface area is 109 Å². The van der Waals surface area contributed by atoms with Crippen LogP contribution in [0.3, 0.4) is 0 Å². The molecule has 1 amide bonds. The maximum absolute atomic E-state index is 11.9. The summed E-state index contributed by atoms with van der Waals surface area (Å²) in [4.78, 5) is 16.1. The van der Waals surface area contributed by atoms with Crippen LogP contribution in [0.25, 0.3) is 0 Å². The van der Waals surface area contributed by atoms with Gasteiger partial charge in [0.25, 0.3) is 5.91 Å². The molecule has 4 heteroatoms. The van der Waals surface area contributed by atoms with Gasteiger partial charge in [-0.25, -0.2) is 4.98 Å². The molecule has 0 fully saturated rings. The Morgan fingerprint density at radius 3 is 2.56 bits per heavy atom. The van der Waals surface area contributed by atoms with E-state index in [-0.39, 0.29) is 11.3 Å². The largest absolute Gasteiger partial charge is 0.370 e. The van der Waals surface area contributed by atoms with Crippen LogP contribution in [-0.2, 0) is 0 Å². The Kier molecular flexibility index (Phi) is 5.13. The van der Waals surface area contributed by atoms with Gasteiger partial charge in [0.05, 0.1) is 5.56 Å². The maximum Gasteiger partial charge on any atom is 0.252 e. The van der Waals surface area contributed by atoms with Crippen molar-refractivity contribution < 1.29 is 4.79 Å². The van der Waals surface area contributed by atoms with Crippen LogP contribution in [0.1, 0.15) is 44.5 Å². The second-order valence-corrected chi connectivity index (χ2v) is 5.16. The van der Waals surface area contributed by atoms with Gasteiger partial charge in [-0.1, -0.05) is 20.8 Å². The highest BCUT2D eigenvalue weighted by molar-refractivity contribution is 5.94. The standard InChI is InChI=1S/C14H23N3O/c1-5-14(3,4)10-17-13(18)11-7-8-12(15-6-2)16-9-11/h7-9H,5-6,10H2,1-4H3,(H,15,16)(H,17,18). The zero-order valence-corrected chi connectivity index (χ0v) is 11.7. The molecule has 0 aliphatic carbocycles. The van der Waals surface area contributed by atoms with Gasteiger partial charge >= 0.3 is 0 Å². The molecule has 0 spiro atoms. The Bertz CT molecular complexity index is 385. The zero-order valence-electron chi connectivity index (χ0n) is 11.7. The van der Waals surface area contributed by atoms with Crippen molar-refractivity contribution >= 4 is 11.7 Å². The molecule has 0 saturated carbocycles. The molecule has 0 unspecified atom stereocenters. The fourth-order valence-electron chi connectivity index (χ4n) is 1.36. The first-order chi connectivity index (χ1) is 8.48. The second kappa shape index (κ2) is 6.38. The number of anilines is 1. The molecule has 1 heterocycles. The number of nitrogens with zero attached hydrogens (tertiary/aromatic N) is 1. The third-order valence-electron chi connectivity index (χ3n) is 3.07. The van der Waals surface area contributed by atoms with Crippen LogP contribution in [-0.4, -0.2) is 24.0 Å². The topological polar surface area (TPSA) is 54.0 Å². The molecule has 0 bridgehead atoms. The smallest absolute Gasteiger partial charge is 0.252 e. The minimum absolute atomic E-state index is 0.0629. The third-order valence-corrected chi connectivity index (χ3v) is 3.07. The molecule has 0 aliphatic heterocycles. The molecule has 2 N–H and O–H groups in total. The number of carbonyl (C=O) groups is 1. The summed E-state index contributed by atoms with van der Waals surface area (Å²) in [6, 6.07) is 3.61. The molecule has 18 heavy (non-hydrogen) atoms. The van der Waals surface area contributed by atoms with Crippen LogP contribution < -0.4 is 10.6 Å². The molecule has 0 saturated heterocycles. The van der Waals surface area contributed by atoms with Crippen molar-refractivity contribution in [1.82, 2.24) is 10.3 Å². The van der Waals surface area contributed by atoms with E-state index in [9.17, 15) is 4.79 Å². The van der Waals surface area contributed by atoms with Crippen molar-refractivity contribution in [3.8, 4) is 0 Å². The van der Waals surface area contributed by atoms with Gasteiger partial charge in [0.15, 0.2) is 0 Å². The highest BCUT2D eigenvalue weighted by Crippen LogP contribution is 2.17. The highest BCUT2D eigenvalue weighted by Gasteiger charge is 2.16. The Morgan fingerprint density at radius 1 is 1.33 bits per heavy atom. The molecule has 1 aromatic rings. The predicted molar refractivity (Wildman–Crippen MR) is 74.8 cm³/mol. The minimum Gasteiger partial charge on any atom is -0.370 e. The van der Waals surface area contributed by atoms with Crippen molar-refractivity contribution in [2.45, 2.75) is 34.1 Å². The van der Waals surface area contributed by atoms with E-state index < -0.39 is 0 Å². The summed E-state index contributed by atoms with van der Waals surface area (Å²) in [5.74, 6) is 0.731. The summed E-state index contributed by atoms with van der Waals surface area (Å²) in [6.45, 7) is 9.91. The number of carbonyl (C=O) groups excluding carboxylic acids is 1. The average molecular weight is 249 g/mol. The SMILES string of the molecule is CCNc1ccc(C(=O)NCC(C)(C)CC)cn1. The summed E-state index contributed by atoms with van der Waals surface area (Å²) < 4.78 is 0. The van der Waals surface area contributed by atoms with E-state index in [1.807, 2.05) is 13.0 Å². The Hall–Kier alpha value is -1.58. The molecule has 0 radical (unpaired) electrons. The zero-order chi connectivity index (χ0) is 13.6. The third kappa shape index (κ3) is 4.35. The lowest BCUT2D eigenvalue weighted by Gasteiger charge is -2.22. The van der Waals surface area contributed by atoms with E-state index in [2.05, 4.69) is 36.4 Å². The minimum atomic E-state index is -0.0629. The molecule has 100 valence electrons. The van der Waals surface area contributed by atoms with Gasteiger partial charge in [-0.15, -0.1) is 0 Å². The summed E-state index contributed by atoms with van der Waals surface area (Å²) in [6.07, 6.45) is 2.64. The molecule has 4 nitrogen and oxygen atoms in total. The fourth-order valence-corrected chi connectivity index (χ4v) is 1.36. The summed E-state index contributed by atoms with van der Waals surface area (Å²) in [5.41, 5.74) is 0.732. The van der Waals surface area contributed by atoms with Crippen LogP contribution in [0, 0.1) is 5.41 Å². The number of hydrogen-bond donors (Lipinski definition) is 2. The van der Waals surface area contributed by atoms with Crippen LogP contribution in [0.2, 0.25) is 0 Å². The van der Waals surface area contributed by atoms with Gasteiger partial charge in [0.2, 0.25) is 0 Å². The average Bonchev–Trinajstić information content (AvgIpc) is 2.37. The van der Waals surface area contributed by atoms with Gasteiger partial charge in [0.1, 0.15) is 5.82 Å². The van der Waals surface area contributed by atoms with Gasteiger partial charge < -0.3 is 10.6 Å². The van der Waals surface area contributed by atoms with Gasteiger partial charge in [-0.2, -0.15) is 0 Å². The number of rotatable bonds is 6. The Balaban J connectivity index is 2.56. The van der Waals surface area contributed by atoms with Gasteiger partial charge in [-0.05, 0) is 30.9 Å². The first-order valence-electron chi connectivity index (χ1n) is 6.46. The summed E-state index contributed by atoms with van der Waals surface area (Å²) in [5, 5.41) is 6.04. The van der Waals surface area contributed by atoms with E-state index in [0.29, 0.717) is 12.1 Å². The van der Waals surface area contributed by atoms with Crippen LogP contribution in [0.5, 0.6) is 0 Å². The monoisotopic (exact) mass is 249 g/mol. The maximum atomic E-state index is 11.9. The van der Waals surface area contributed by atoms with Crippen LogP contribution >= 0.6 is 0 Å². The summed E-state index contributed by atoms with van der Waals surface area (Å²) >= 11 is 0. The van der Waals surface area contributed by atoms with E-state index in [0.717, 1.165) is 18.8 Å². The Morgan fingerprint density at radius 2 is 2.06 bits per heavy atom. The van der Waals surface area contributed by atoms with Gasteiger partial charge in [0, 0.05) is 19.3 Å². The van der Waals surface area contributed by atoms with Crippen molar-refractivity contribution in [3.05, 3.63) is 23.9 Å². The van der Waals surface area contributed by atoms with Crippen molar-refractivity contribution in [3.63, 3.8) is 0 Å². The second-order valence-electron chi connectivity index (χ2n) is 5.16. The molecule has 0 aromatic carbocycles.